The predicted octanol–water partition coefficient (Wildman–Crippen LogP) is 1.62. The number of nitrogens with zero attached hydrogens (tertiary/aromatic N) is 3. The third kappa shape index (κ3) is 2.10. The van der Waals surface area contributed by atoms with Crippen LogP contribution in [0.15, 0.2) is 0 Å². The van der Waals surface area contributed by atoms with Crippen molar-refractivity contribution in [1.82, 2.24) is 19.8 Å². The topological polar surface area (TPSA) is 41.0 Å². The van der Waals surface area contributed by atoms with Crippen molar-refractivity contribution >= 4 is 23.1 Å². The van der Waals surface area contributed by atoms with E-state index in [-0.39, 0.29) is 0 Å². The zero-order valence-electron chi connectivity index (χ0n) is 9.90. The molecule has 3 atom stereocenters. The number of hydrogen-bond acceptors (Lipinski definition) is 5. The van der Waals surface area contributed by atoms with Crippen molar-refractivity contribution in [3.8, 4) is 0 Å². The lowest BCUT2D eigenvalue weighted by Crippen LogP contribution is -2.34. The maximum atomic E-state index is 6.08. The van der Waals surface area contributed by atoms with Crippen LogP contribution >= 0.6 is 23.1 Å². The van der Waals surface area contributed by atoms with Crippen LogP contribution in [0.5, 0.6) is 0 Å². The average Bonchev–Trinajstić information content (AvgIpc) is 2.96. The predicted molar refractivity (Wildman–Crippen MR) is 69.3 cm³/mol. The van der Waals surface area contributed by atoms with Gasteiger partial charge in [-0.15, -0.1) is 5.10 Å². The molecule has 0 radical (unpaired) electrons. The Kier molecular flexibility index (Phi) is 3.34. The minimum Gasteiger partial charge on any atom is -0.316 e. The van der Waals surface area contributed by atoms with Gasteiger partial charge in [0.05, 0.1) is 0 Å². The van der Waals surface area contributed by atoms with E-state index in [0.29, 0.717) is 6.04 Å². The van der Waals surface area contributed by atoms with Crippen molar-refractivity contribution in [2.24, 2.45) is 11.8 Å². The molecule has 0 aromatic carbocycles. The van der Waals surface area contributed by atoms with Gasteiger partial charge in [-0.3, -0.25) is 4.90 Å². The Labute approximate surface area is 111 Å². The highest BCUT2D eigenvalue weighted by Crippen LogP contribution is 2.35. The Morgan fingerprint density at radius 2 is 2.41 bits per heavy atom. The fraction of sp³-hybridized carbons (Fsp3) is 0.818. The molecule has 2 aliphatic rings. The van der Waals surface area contributed by atoms with Crippen LogP contribution < -0.4 is 5.32 Å². The molecular weight excluding hydrogens is 256 g/mol. The van der Waals surface area contributed by atoms with Crippen LogP contribution in [0.25, 0.3) is 0 Å². The Hall–Kier alpha value is -0.230. The Bertz CT molecular complexity index is 397. The van der Waals surface area contributed by atoms with E-state index in [1.165, 1.54) is 37.6 Å². The molecule has 3 heterocycles. The maximum absolute atomic E-state index is 6.08. The number of halogens is 1. The summed E-state index contributed by atoms with van der Waals surface area (Å²) in [5, 5.41) is 7.62. The molecule has 0 spiro atoms. The van der Waals surface area contributed by atoms with Crippen LogP contribution in [0.2, 0.25) is 4.34 Å². The lowest BCUT2D eigenvalue weighted by Gasteiger charge is -2.25. The second-order valence-corrected chi connectivity index (χ2v) is 6.34. The molecule has 0 amide bonds. The van der Waals surface area contributed by atoms with Gasteiger partial charge < -0.3 is 5.32 Å². The highest BCUT2D eigenvalue weighted by Gasteiger charge is 2.43. The summed E-state index contributed by atoms with van der Waals surface area (Å²) in [5.41, 5.74) is 0.947. The van der Waals surface area contributed by atoms with Crippen molar-refractivity contribution in [2.45, 2.75) is 25.9 Å². The van der Waals surface area contributed by atoms with Crippen LogP contribution in [0, 0.1) is 11.8 Å². The average molecular weight is 273 g/mol. The first kappa shape index (κ1) is 11.8. The Morgan fingerprint density at radius 1 is 1.53 bits per heavy atom. The van der Waals surface area contributed by atoms with Gasteiger partial charge in [0.1, 0.15) is 10.0 Å². The monoisotopic (exact) mass is 272 g/mol. The number of fused-ring (bicyclic) bond motifs is 1. The van der Waals surface area contributed by atoms with Crippen molar-refractivity contribution in [3.05, 3.63) is 10.0 Å². The van der Waals surface area contributed by atoms with E-state index in [1.54, 1.807) is 0 Å². The number of likely N-dealkylation sites (tertiary alicyclic amines) is 1. The van der Waals surface area contributed by atoms with E-state index in [9.17, 15) is 0 Å². The van der Waals surface area contributed by atoms with Crippen LogP contribution in [-0.2, 0) is 6.54 Å². The molecule has 17 heavy (non-hydrogen) atoms. The Balaban J connectivity index is 1.73. The maximum Gasteiger partial charge on any atom is 0.138 e. The minimum absolute atomic E-state index is 0.674. The Morgan fingerprint density at radius 3 is 3.12 bits per heavy atom. The molecule has 6 heteroatoms. The highest BCUT2D eigenvalue weighted by atomic mass is 35.5. The van der Waals surface area contributed by atoms with Gasteiger partial charge in [-0.25, -0.2) is 0 Å². The normalized spacial score (nSPS) is 33.2. The molecular formula is C11H17ClN4S. The van der Waals surface area contributed by atoms with Crippen molar-refractivity contribution < 1.29 is 0 Å². The van der Waals surface area contributed by atoms with Gasteiger partial charge in [0.2, 0.25) is 0 Å². The molecule has 1 aromatic heterocycles. The summed E-state index contributed by atoms with van der Waals surface area (Å²) < 4.78 is 4.65. The second kappa shape index (κ2) is 4.80. The van der Waals surface area contributed by atoms with Crippen LogP contribution in [-0.4, -0.2) is 40.2 Å². The van der Waals surface area contributed by atoms with Crippen molar-refractivity contribution in [2.75, 3.05) is 19.6 Å². The standard InChI is InChI=1S/C11H17ClN4S/c1-2-10-8-4-13-3-7(8)5-16(10)6-9-11(12)17-15-14-9/h7-8,10,13H,2-6H2,1H3. The fourth-order valence-corrected chi connectivity index (χ4v) is 3.95. The summed E-state index contributed by atoms with van der Waals surface area (Å²) >= 11 is 7.37. The molecule has 0 bridgehead atoms. The summed E-state index contributed by atoms with van der Waals surface area (Å²) in [6, 6.07) is 0.674. The van der Waals surface area contributed by atoms with Gasteiger partial charge in [0.15, 0.2) is 0 Å². The molecule has 4 nitrogen and oxygen atoms in total. The van der Waals surface area contributed by atoms with E-state index in [4.69, 9.17) is 11.6 Å². The molecule has 3 unspecified atom stereocenters. The first-order valence-corrected chi connectivity index (χ1v) is 7.36. The zero-order chi connectivity index (χ0) is 11.8. The zero-order valence-corrected chi connectivity index (χ0v) is 11.5. The molecule has 94 valence electrons. The molecule has 1 N–H and O–H groups in total. The van der Waals surface area contributed by atoms with Gasteiger partial charge >= 0.3 is 0 Å². The third-order valence-corrected chi connectivity index (χ3v) is 5.09. The summed E-state index contributed by atoms with van der Waals surface area (Å²) in [6.45, 7) is 6.65. The fourth-order valence-electron chi connectivity index (χ4n) is 3.34. The molecule has 2 aliphatic heterocycles. The summed E-state index contributed by atoms with van der Waals surface area (Å²) in [7, 11) is 0. The quantitative estimate of drug-likeness (QED) is 0.908. The second-order valence-electron chi connectivity index (χ2n) is 4.98. The molecule has 0 aliphatic carbocycles. The summed E-state index contributed by atoms with van der Waals surface area (Å²) in [6.07, 6.45) is 1.21. The van der Waals surface area contributed by atoms with Gasteiger partial charge in [0.25, 0.3) is 0 Å². The molecule has 3 rings (SSSR count). The van der Waals surface area contributed by atoms with Crippen LogP contribution in [0.4, 0.5) is 0 Å². The van der Waals surface area contributed by atoms with E-state index in [0.717, 1.165) is 28.4 Å². The van der Waals surface area contributed by atoms with Gasteiger partial charge in [-0.1, -0.05) is 23.0 Å². The van der Waals surface area contributed by atoms with Gasteiger partial charge in [-0.2, -0.15) is 0 Å². The first-order valence-electron chi connectivity index (χ1n) is 6.21. The largest absolute Gasteiger partial charge is 0.316 e. The van der Waals surface area contributed by atoms with Crippen molar-refractivity contribution in [3.63, 3.8) is 0 Å². The number of rotatable bonds is 3. The van der Waals surface area contributed by atoms with Crippen molar-refractivity contribution in [1.29, 1.82) is 0 Å². The third-order valence-electron chi connectivity index (χ3n) is 4.10. The van der Waals surface area contributed by atoms with Crippen LogP contribution in [0.3, 0.4) is 0 Å². The summed E-state index contributed by atoms with van der Waals surface area (Å²) in [4.78, 5) is 2.54. The minimum atomic E-state index is 0.674. The van der Waals surface area contributed by atoms with Gasteiger partial charge in [0, 0.05) is 30.7 Å². The molecule has 1 aromatic rings. The lowest BCUT2D eigenvalue weighted by molar-refractivity contribution is 0.208. The van der Waals surface area contributed by atoms with Crippen LogP contribution in [0.1, 0.15) is 19.0 Å². The van der Waals surface area contributed by atoms with E-state index in [1.807, 2.05) is 0 Å². The van der Waals surface area contributed by atoms with E-state index < -0.39 is 0 Å². The van der Waals surface area contributed by atoms with Gasteiger partial charge in [-0.05, 0) is 31.3 Å². The molecule has 0 saturated carbocycles. The molecule has 2 fully saturated rings. The number of hydrogen-bond donors (Lipinski definition) is 1. The first-order chi connectivity index (χ1) is 8.29. The van der Waals surface area contributed by atoms with E-state index in [2.05, 4.69) is 26.7 Å². The molecule has 2 saturated heterocycles. The summed E-state index contributed by atoms with van der Waals surface area (Å²) in [5.74, 6) is 1.62. The number of aromatic nitrogens is 2. The SMILES string of the molecule is CCC1C2CNCC2CN1Cc1nnsc1Cl. The smallest absolute Gasteiger partial charge is 0.138 e. The highest BCUT2D eigenvalue weighted by molar-refractivity contribution is 7.10. The lowest BCUT2D eigenvalue weighted by atomic mass is 9.93. The number of nitrogens with one attached hydrogen (secondary N) is 1. The van der Waals surface area contributed by atoms with E-state index >= 15 is 0 Å².